The standard InChI is InChI=1S/C24H26N2O5/c1-3-30-20-12-16-11-15(2)31-21(16)13-17(20)14-25-22(27)9-6-10-26-23(28)18-7-4-5-8-19(18)24(26)29/h4-5,7-8,12-13,15H,3,6,9-11,14H2,1-2H3,(H,25,27)/t15-/m0/s1. The summed E-state index contributed by atoms with van der Waals surface area (Å²) in [6, 6.07) is 10.7. The lowest BCUT2D eigenvalue weighted by molar-refractivity contribution is -0.121. The van der Waals surface area contributed by atoms with Crippen molar-refractivity contribution >= 4 is 17.7 Å². The van der Waals surface area contributed by atoms with Gasteiger partial charge in [0, 0.05) is 37.1 Å². The van der Waals surface area contributed by atoms with Crippen molar-refractivity contribution in [2.75, 3.05) is 13.2 Å². The van der Waals surface area contributed by atoms with E-state index >= 15 is 0 Å². The molecule has 0 saturated carbocycles. The first-order chi connectivity index (χ1) is 15.0. The molecular weight excluding hydrogens is 396 g/mol. The fraction of sp³-hybridized carbons (Fsp3) is 0.375. The molecule has 0 fully saturated rings. The molecule has 2 aromatic rings. The van der Waals surface area contributed by atoms with Gasteiger partial charge in [0.25, 0.3) is 11.8 Å². The van der Waals surface area contributed by atoms with Crippen LogP contribution in [0.25, 0.3) is 0 Å². The molecule has 1 N–H and O–H groups in total. The van der Waals surface area contributed by atoms with Gasteiger partial charge < -0.3 is 14.8 Å². The van der Waals surface area contributed by atoms with Crippen LogP contribution in [-0.2, 0) is 17.8 Å². The molecule has 31 heavy (non-hydrogen) atoms. The van der Waals surface area contributed by atoms with Crippen molar-refractivity contribution in [2.45, 2.75) is 45.8 Å². The molecule has 162 valence electrons. The zero-order valence-electron chi connectivity index (χ0n) is 17.8. The van der Waals surface area contributed by atoms with Crippen molar-refractivity contribution in [3.05, 3.63) is 58.7 Å². The minimum Gasteiger partial charge on any atom is -0.494 e. The van der Waals surface area contributed by atoms with Crippen LogP contribution >= 0.6 is 0 Å². The molecule has 2 aliphatic heterocycles. The summed E-state index contributed by atoms with van der Waals surface area (Å²) >= 11 is 0. The van der Waals surface area contributed by atoms with Crippen molar-refractivity contribution in [3.8, 4) is 11.5 Å². The first-order valence-electron chi connectivity index (χ1n) is 10.6. The van der Waals surface area contributed by atoms with Crippen LogP contribution in [-0.4, -0.2) is 41.9 Å². The number of nitrogens with one attached hydrogen (secondary N) is 1. The van der Waals surface area contributed by atoms with Crippen molar-refractivity contribution in [2.24, 2.45) is 0 Å². The van der Waals surface area contributed by atoms with E-state index in [1.165, 1.54) is 4.90 Å². The lowest BCUT2D eigenvalue weighted by atomic mass is 10.1. The van der Waals surface area contributed by atoms with E-state index in [9.17, 15) is 14.4 Å². The highest BCUT2D eigenvalue weighted by molar-refractivity contribution is 6.21. The number of carbonyl (C=O) groups excluding carboxylic acids is 3. The van der Waals surface area contributed by atoms with E-state index in [4.69, 9.17) is 9.47 Å². The Bertz CT molecular complexity index is 998. The third-order valence-electron chi connectivity index (χ3n) is 5.52. The average molecular weight is 422 g/mol. The van der Waals surface area contributed by atoms with Crippen LogP contribution in [0.15, 0.2) is 36.4 Å². The number of nitrogens with zero attached hydrogens (tertiary/aromatic N) is 1. The largest absolute Gasteiger partial charge is 0.494 e. The molecular formula is C24H26N2O5. The molecule has 7 heteroatoms. The number of rotatable bonds is 8. The van der Waals surface area contributed by atoms with E-state index in [2.05, 4.69) is 5.32 Å². The molecule has 7 nitrogen and oxygen atoms in total. The van der Waals surface area contributed by atoms with Gasteiger partial charge in [-0.2, -0.15) is 0 Å². The van der Waals surface area contributed by atoms with Gasteiger partial charge in [0.05, 0.1) is 17.7 Å². The van der Waals surface area contributed by atoms with Crippen LogP contribution < -0.4 is 14.8 Å². The first-order valence-corrected chi connectivity index (χ1v) is 10.6. The zero-order valence-corrected chi connectivity index (χ0v) is 17.8. The van der Waals surface area contributed by atoms with Gasteiger partial charge in [0.2, 0.25) is 5.91 Å². The average Bonchev–Trinajstić information content (AvgIpc) is 3.23. The molecule has 0 bridgehead atoms. The summed E-state index contributed by atoms with van der Waals surface area (Å²) in [5.41, 5.74) is 2.83. The SMILES string of the molecule is CCOc1cc2c(cc1CNC(=O)CCCN1C(=O)c3ccccc3C1=O)O[C@@H](C)C2. The Morgan fingerprint density at radius 3 is 2.58 bits per heavy atom. The Balaban J connectivity index is 1.30. The number of hydrogen-bond acceptors (Lipinski definition) is 5. The maximum atomic E-state index is 12.4. The number of benzene rings is 2. The monoisotopic (exact) mass is 422 g/mol. The number of ether oxygens (including phenoxy) is 2. The number of hydrogen-bond donors (Lipinski definition) is 1. The van der Waals surface area contributed by atoms with Gasteiger partial charge in [-0.05, 0) is 44.5 Å². The van der Waals surface area contributed by atoms with Gasteiger partial charge in [-0.1, -0.05) is 12.1 Å². The second kappa shape index (κ2) is 8.79. The summed E-state index contributed by atoms with van der Waals surface area (Å²) < 4.78 is 11.6. The highest BCUT2D eigenvalue weighted by Crippen LogP contribution is 2.35. The highest BCUT2D eigenvalue weighted by atomic mass is 16.5. The van der Waals surface area contributed by atoms with Crippen LogP contribution in [0.5, 0.6) is 11.5 Å². The first kappa shape index (κ1) is 20.9. The fourth-order valence-corrected chi connectivity index (χ4v) is 4.03. The predicted octanol–water partition coefficient (Wildman–Crippen LogP) is 3.10. The van der Waals surface area contributed by atoms with E-state index in [-0.39, 0.29) is 36.8 Å². The smallest absolute Gasteiger partial charge is 0.261 e. The molecule has 0 unspecified atom stereocenters. The number of imide groups is 1. The molecule has 2 aromatic carbocycles. The predicted molar refractivity (Wildman–Crippen MR) is 114 cm³/mol. The van der Waals surface area contributed by atoms with E-state index in [1.807, 2.05) is 26.0 Å². The third kappa shape index (κ3) is 4.26. The van der Waals surface area contributed by atoms with E-state index in [0.717, 1.165) is 29.0 Å². The molecule has 0 aromatic heterocycles. The normalized spacial score (nSPS) is 16.7. The van der Waals surface area contributed by atoms with E-state index < -0.39 is 0 Å². The minimum absolute atomic E-state index is 0.136. The van der Waals surface area contributed by atoms with E-state index in [0.29, 0.717) is 30.7 Å². The lowest BCUT2D eigenvalue weighted by Gasteiger charge is -2.15. The molecule has 0 radical (unpaired) electrons. The van der Waals surface area contributed by atoms with Crippen molar-refractivity contribution < 1.29 is 23.9 Å². The second-order valence-electron chi connectivity index (χ2n) is 7.82. The van der Waals surface area contributed by atoms with Gasteiger partial charge in [-0.15, -0.1) is 0 Å². The van der Waals surface area contributed by atoms with Crippen LogP contribution in [0, 0.1) is 0 Å². The number of amides is 3. The van der Waals surface area contributed by atoms with Crippen LogP contribution in [0.4, 0.5) is 0 Å². The molecule has 0 saturated heterocycles. The Morgan fingerprint density at radius 2 is 1.90 bits per heavy atom. The van der Waals surface area contributed by atoms with E-state index in [1.54, 1.807) is 24.3 Å². The topological polar surface area (TPSA) is 84.9 Å². The molecule has 0 aliphatic carbocycles. The van der Waals surface area contributed by atoms with Crippen LogP contribution in [0.1, 0.15) is 58.5 Å². The molecule has 4 rings (SSSR count). The van der Waals surface area contributed by atoms with Crippen LogP contribution in [0.2, 0.25) is 0 Å². The zero-order chi connectivity index (χ0) is 22.0. The summed E-state index contributed by atoms with van der Waals surface area (Å²) in [6.07, 6.45) is 1.60. The number of carbonyl (C=O) groups is 3. The third-order valence-corrected chi connectivity index (χ3v) is 5.52. The maximum Gasteiger partial charge on any atom is 0.261 e. The quantitative estimate of drug-likeness (QED) is 0.661. The Kier molecular flexibility index (Phi) is 5.93. The Morgan fingerprint density at radius 1 is 1.19 bits per heavy atom. The van der Waals surface area contributed by atoms with Gasteiger partial charge >= 0.3 is 0 Å². The summed E-state index contributed by atoms with van der Waals surface area (Å²) in [7, 11) is 0. The lowest BCUT2D eigenvalue weighted by Crippen LogP contribution is -2.32. The highest BCUT2D eigenvalue weighted by Gasteiger charge is 2.34. The Labute approximate surface area is 181 Å². The van der Waals surface area contributed by atoms with Gasteiger partial charge in [0.15, 0.2) is 0 Å². The number of fused-ring (bicyclic) bond motifs is 2. The second-order valence-corrected chi connectivity index (χ2v) is 7.82. The molecule has 2 heterocycles. The summed E-state index contributed by atoms with van der Waals surface area (Å²) in [4.78, 5) is 38.3. The van der Waals surface area contributed by atoms with Crippen molar-refractivity contribution in [3.63, 3.8) is 0 Å². The van der Waals surface area contributed by atoms with Gasteiger partial charge in [-0.25, -0.2) is 0 Å². The Hall–Kier alpha value is -3.35. The molecule has 2 aliphatic rings. The van der Waals surface area contributed by atoms with Crippen LogP contribution in [0.3, 0.4) is 0 Å². The molecule has 0 spiro atoms. The summed E-state index contributed by atoms with van der Waals surface area (Å²) in [5, 5.41) is 2.90. The molecule has 1 atom stereocenters. The maximum absolute atomic E-state index is 12.4. The molecule has 3 amide bonds. The van der Waals surface area contributed by atoms with Crippen molar-refractivity contribution in [1.29, 1.82) is 0 Å². The summed E-state index contributed by atoms with van der Waals surface area (Å²) in [6.45, 7) is 5.03. The van der Waals surface area contributed by atoms with Gasteiger partial charge in [-0.3, -0.25) is 19.3 Å². The van der Waals surface area contributed by atoms with Crippen molar-refractivity contribution in [1.82, 2.24) is 10.2 Å². The fourth-order valence-electron chi connectivity index (χ4n) is 4.03. The summed E-state index contributed by atoms with van der Waals surface area (Å²) in [5.74, 6) is 0.856. The van der Waals surface area contributed by atoms with Gasteiger partial charge in [0.1, 0.15) is 17.6 Å². The minimum atomic E-state index is -0.297.